The quantitative estimate of drug-likeness (QED) is 0.569. The number of hydrogen-bond acceptors (Lipinski definition) is 8. The Morgan fingerprint density at radius 3 is 2.67 bits per heavy atom. The van der Waals surface area contributed by atoms with Crippen molar-refractivity contribution in [3.63, 3.8) is 0 Å². The number of carbonyl (C=O) groups excluding carboxylic acids is 3. The van der Waals surface area contributed by atoms with Crippen LogP contribution < -0.4 is 5.32 Å². The average Bonchev–Trinajstić information content (AvgIpc) is 3.36. The molecule has 4 fully saturated rings. The number of carbonyl (C=O) groups is 3. The molecule has 5 unspecified atom stereocenters. The van der Waals surface area contributed by atoms with E-state index in [1.165, 1.54) is 0 Å². The van der Waals surface area contributed by atoms with Gasteiger partial charge in [-0.15, -0.1) is 0 Å². The van der Waals surface area contributed by atoms with Crippen molar-refractivity contribution in [1.82, 2.24) is 15.3 Å². The van der Waals surface area contributed by atoms with Gasteiger partial charge in [0.25, 0.3) is 5.91 Å². The second kappa shape index (κ2) is 9.11. The van der Waals surface area contributed by atoms with Crippen molar-refractivity contribution in [2.45, 2.75) is 77.0 Å². The van der Waals surface area contributed by atoms with Crippen LogP contribution in [0.25, 0.3) is 11.0 Å². The van der Waals surface area contributed by atoms with E-state index in [9.17, 15) is 19.5 Å². The number of allylic oxidation sites excluding steroid dienone is 4. The molecule has 8 atom stereocenters. The number of fused-ring (bicyclic) bond motifs is 8. The smallest absolute Gasteiger partial charge is 0.251 e. The molecule has 1 saturated heterocycles. The minimum atomic E-state index is -1.31. The molecule has 220 valence electrons. The second-order valence-electron chi connectivity index (χ2n) is 13.7. The van der Waals surface area contributed by atoms with Gasteiger partial charge < -0.3 is 19.9 Å². The summed E-state index contributed by atoms with van der Waals surface area (Å²) in [6, 6.07) is 5.06. The number of hydrogen-bond donors (Lipinski definition) is 2. The number of benzene rings is 1. The summed E-state index contributed by atoms with van der Waals surface area (Å²) in [5.41, 5.74) is 0.309. The third kappa shape index (κ3) is 3.76. The van der Waals surface area contributed by atoms with E-state index >= 15 is 0 Å². The van der Waals surface area contributed by atoms with Gasteiger partial charge in [-0.25, -0.2) is 0 Å². The maximum absolute atomic E-state index is 14.4. The molecule has 0 bridgehead atoms. The van der Waals surface area contributed by atoms with Gasteiger partial charge in [0.2, 0.25) is 0 Å². The molecule has 1 amide bonds. The van der Waals surface area contributed by atoms with Crippen LogP contribution in [0.5, 0.6) is 0 Å². The molecular weight excluding hydrogens is 534 g/mol. The third-order valence-electron chi connectivity index (χ3n) is 11.0. The van der Waals surface area contributed by atoms with Crippen LogP contribution in [-0.4, -0.2) is 62.7 Å². The van der Waals surface area contributed by atoms with Crippen LogP contribution in [0, 0.1) is 28.6 Å². The van der Waals surface area contributed by atoms with Gasteiger partial charge in [0, 0.05) is 34.7 Å². The van der Waals surface area contributed by atoms with E-state index in [2.05, 4.69) is 29.1 Å². The molecule has 2 aromatic rings. The lowest BCUT2D eigenvalue weighted by Gasteiger charge is -2.60. The van der Waals surface area contributed by atoms with Crippen LogP contribution in [0.4, 0.5) is 0 Å². The summed E-state index contributed by atoms with van der Waals surface area (Å²) in [6.45, 7) is 7.61. The van der Waals surface area contributed by atoms with E-state index in [0.29, 0.717) is 29.4 Å². The van der Waals surface area contributed by atoms with Gasteiger partial charge in [0.05, 0.1) is 29.8 Å². The normalized spacial score (nSPS) is 39.6. The van der Waals surface area contributed by atoms with Crippen LogP contribution in [0.2, 0.25) is 0 Å². The Bertz CT molecular complexity index is 1580. The predicted octanol–water partition coefficient (Wildman–Crippen LogP) is 3.71. The summed E-state index contributed by atoms with van der Waals surface area (Å²) in [5.74, 6) is -1.50. The maximum atomic E-state index is 14.4. The van der Waals surface area contributed by atoms with Gasteiger partial charge in [-0.1, -0.05) is 25.5 Å². The van der Waals surface area contributed by atoms with Gasteiger partial charge in [0.15, 0.2) is 23.0 Å². The molecule has 1 aromatic heterocycles. The number of nitrogens with one attached hydrogen (secondary N) is 1. The van der Waals surface area contributed by atoms with E-state index < -0.39 is 34.4 Å². The van der Waals surface area contributed by atoms with E-state index in [1.807, 2.05) is 19.9 Å². The molecule has 7 rings (SSSR count). The van der Waals surface area contributed by atoms with Gasteiger partial charge in [-0.05, 0) is 81.7 Å². The fourth-order valence-electron chi connectivity index (χ4n) is 9.42. The standard InChI is InChI=1S/C33H37N3O6/c1-30(2)41-27-15-22-21-7-6-19-14-20(37)9-10-31(19,3)28(21)25(38)16-32(22,4)33(27,42-30)26(39)17-36-29(40)18-5-8-23-24(13-18)35-12-11-34-23/h5,8-14,21-22,25,27-28,38H,6-7,15-17H2,1-4H3,(H,36,40)/t21?,22?,25-,27+,28?,31?,32?,33-/m0/s1. The van der Waals surface area contributed by atoms with Crippen molar-refractivity contribution in [2.75, 3.05) is 6.54 Å². The number of aliphatic hydroxyl groups excluding tert-OH is 1. The monoisotopic (exact) mass is 571 g/mol. The molecule has 1 aliphatic heterocycles. The number of aromatic nitrogens is 2. The fraction of sp³-hybridized carbons (Fsp3) is 0.545. The third-order valence-corrected chi connectivity index (χ3v) is 11.0. The largest absolute Gasteiger partial charge is 0.393 e. The molecule has 2 N–H and O–H groups in total. The van der Waals surface area contributed by atoms with Crippen molar-refractivity contribution in [1.29, 1.82) is 0 Å². The summed E-state index contributed by atoms with van der Waals surface area (Å²) in [6.07, 6.45) is 9.91. The number of rotatable bonds is 4. The summed E-state index contributed by atoms with van der Waals surface area (Å²) < 4.78 is 13.1. The van der Waals surface area contributed by atoms with Crippen LogP contribution in [0.15, 0.2) is 54.4 Å². The number of aliphatic hydroxyl groups is 1. The highest BCUT2D eigenvalue weighted by Crippen LogP contribution is 2.70. The first-order valence-electron chi connectivity index (χ1n) is 14.9. The lowest BCUT2D eigenvalue weighted by Crippen LogP contribution is -2.64. The Labute approximate surface area is 244 Å². The van der Waals surface area contributed by atoms with Gasteiger partial charge in [0.1, 0.15) is 0 Å². The molecule has 9 heteroatoms. The summed E-state index contributed by atoms with van der Waals surface area (Å²) in [4.78, 5) is 48.2. The van der Waals surface area contributed by atoms with Gasteiger partial charge >= 0.3 is 0 Å². The number of amides is 1. The number of ketones is 2. The maximum Gasteiger partial charge on any atom is 0.251 e. The van der Waals surface area contributed by atoms with Crippen molar-refractivity contribution in [3.8, 4) is 0 Å². The van der Waals surface area contributed by atoms with Crippen molar-refractivity contribution in [2.24, 2.45) is 28.6 Å². The lowest BCUT2D eigenvalue weighted by molar-refractivity contribution is -0.224. The van der Waals surface area contributed by atoms with E-state index in [4.69, 9.17) is 9.47 Å². The Hall–Kier alpha value is -3.27. The fourth-order valence-corrected chi connectivity index (χ4v) is 9.42. The predicted molar refractivity (Wildman–Crippen MR) is 153 cm³/mol. The Morgan fingerprint density at radius 2 is 1.88 bits per heavy atom. The van der Waals surface area contributed by atoms with E-state index in [1.54, 1.807) is 42.7 Å². The zero-order chi connectivity index (χ0) is 29.7. The van der Waals surface area contributed by atoms with Crippen LogP contribution in [0.1, 0.15) is 63.7 Å². The van der Waals surface area contributed by atoms with E-state index in [0.717, 1.165) is 18.4 Å². The first kappa shape index (κ1) is 27.6. The molecule has 5 aliphatic rings. The Kier molecular flexibility index (Phi) is 5.98. The van der Waals surface area contributed by atoms with Gasteiger partial charge in [-0.2, -0.15) is 0 Å². The topological polar surface area (TPSA) is 128 Å². The number of Topliss-reactive ketones (excluding diaryl/α,β-unsaturated/α-hetero) is 1. The van der Waals surface area contributed by atoms with Crippen LogP contribution >= 0.6 is 0 Å². The van der Waals surface area contributed by atoms with Crippen molar-refractivity contribution >= 4 is 28.5 Å². The highest BCUT2D eigenvalue weighted by molar-refractivity contribution is 6.02. The second-order valence-corrected chi connectivity index (χ2v) is 13.7. The molecule has 0 spiro atoms. The SMILES string of the molecule is CC1(C)O[C@@H]2CC3C4CCC5=CC(=O)C=CC5(C)C4[C@@H](O)CC3(C)[C@@]2(C(=O)CNC(=O)c2ccc3nccnc3c2)O1. The minimum Gasteiger partial charge on any atom is -0.393 e. The molecule has 4 aliphatic carbocycles. The van der Waals surface area contributed by atoms with Crippen LogP contribution in [0.3, 0.4) is 0 Å². The first-order valence-corrected chi connectivity index (χ1v) is 14.9. The summed E-state index contributed by atoms with van der Waals surface area (Å²) in [5, 5.41) is 14.7. The Morgan fingerprint density at radius 1 is 1.12 bits per heavy atom. The molecule has 9 nitrogen and oxygen atoms in total. The lowest BCUT2D eigenvalue weighted by atomic mass is 9.46. The minimum absolute atomic E-state index is 0.00120. The van der Waals surface area contributed by atoms with Crippen LogP contribution in [-0.2, 0) is 19.1 Å². The molecule has 0 radical (unpaired) electrons. The summed E-state index contributed by atoms with van der Waals surface area (Å²) in [7, 11) is 0. The van der Waals surface area contributed by atoms with Crippen molar-refractivity contribution in [3.05, 3.63) is 60.0 Å². The summed E-state index contributed by atoms with van der Waals surface area (Å²) >= 11 is 0. The molecule has 3 saturated carbocycles. The highest BCUT2D eigenvalue weighted by atomic mass is 16.8. The van der Waals surface area contributed by atoms with E-state index in [-0.39, 0.29) is 41.8 Å². The number of ether oxygens (including phenoxy) is 2. The zero-order valence-electron chi connectivity index (χ0n) is 24.4. The highest BCUT2D eigenvalue weighted by Gasteiger charge is 2.76. The molecule has 1 aromatic carbocycles. The van der Waals surface area contributed by atoms with Gasteiger partial charge in [-0.3, -0.25) is 24.4 Å². The number of nitrogens with zero attached hydrogens (tertiary/aromatic N) is 2. The molecule has 42 heavy (non-hydrogen) atoms. The molecule has 2 heterocycles. The Balaban J connectivity index is 1.19. The molecular formula is C33H37N3O6. The first-order chi connectivity index (χ1) is 19.9. The zero-order valence-corrected chi connectivity index (χ0v) is 24.4. The average molecular weight is 572 g/mol. The van der Waals surface area contributed by atoms with Crippen molar-refractivity contribution < 1.29 is 29.0 Å².